The highest BCUT2D eigenvalue weighted by Gasteiger charge is 2.28. The van der Waals surface area contributed by atoms with Crippen LogP contribution in [0.15, 0.2) is 47.4 Å². The first-order valence-corrected chi connectivity index (χ1v) is 12.6. The summed E-state index contributed by atoms with van der Waals surface area (Å²) in [5.41, 5.74) is 6.73. The van der Waals surface area contributed by atoms with Crippen LogP contribution in [0.25, 0.3) is 0 Å². The minimum Gasteiger partial charge on any atom is -0.484 e. The Labute approximate surface area is 198 Å². The molecule has 182 valence electrons. The summed E-state index contributed by atoms with van der Waals surface area (Å²) in [7, 11) is -3.72. The molecule has 2 aliphatic heterocycles. The average Bonchev–Trinajstić information content (AvgIpc) is 3.38. The van der Waals surface area contributed by atoms with Gasteiger partial charge in [0.25, 0.3) is 5.91 Å². The van der Waals surface area contributed by atoms with E-state index < -0.39 is 21.8 Å². The number of hydrogen-bond acceptors (Lipinski definition) is 7. The fourth-order valence-electron chi connectivity index (χ4n) is 4.02. The van der Waals surface area contributed by atoms with Crippen molar-refractivity contribution in [2.75, 3.05) is 56.2 Å². The van der Waals surface area contributed by atoms with Gasteiger partial charge in [0.05, 0.1) is 29.5 Å². The fraction of sp³-hybridized carbons (Fsp3) is 0.391. The zero-order chi connectivity index (χ0) is 24.1. The molecule has 2 amide bonds. The second-order valence-corrected chi connectivity index (χ2v) is 10.1. The molecule has 0 bridgehead atoms. The number of rotatable bonds is 8. The molecule has 0 atom stereocenters. The molecule has 2 fully saturated rings. The molecule has 34 heavy (non-hydrogen) atoms. The molecule has 0 spiro atoms. The summed E-state index contributed by atoms with van der Waals surface area (Å²) in [6.45, 7) is 2.62. The quantitative estimate of drug-likeness (QED) is 0.575. The van der Waals surface area contributed by atoms with Gasteiger partial charge in [-0.1, -0.05) is 6.07 Å². The van der Waals surface area contributed by atoms with Gasteiger partial charge in [-0.3, -0.25) is 9.59 Å². The number of nitrogens with one attached hydrogen (secondary N) is 1. The van der Waals surface area contributed by atoms with Crippen molar-refractivity contribution in [2.45, 2.75) is 17.7 Å². The van der Waals surface area contributed by atoms with Crippen LogP contribution in [0.2, 0.25) is 0 Å². The van der Waals surface area contributed by atoms with Gasteiger partial charge < -0.3 is 25.4 Å². The van der Waals surface area contributed by atoms with Crippen LogP contribution in [-0.2, 0) is 19.6 Å². The van der Waals surface area contributed by atoms with Gasteiger partial charge in [-0.05, 0) is 49.2 Å². The van der Waals surface area contributed by atoms with Crippen molar-refractivity contribution >= 4 is 33.2 Å². The van der Waals surface area contributed by atoms with E-state index in [1.165, 1.54) is 16.4 Å². The Morgan fingerprint density at radius 1 is 1.03 bits per heavy atom. The number of sulfonamides is 1. The van der Waals surface area contributed by atoms with Crippen molar-refractivity contribution in [1.29, 1.82) is 0 Å². The molecule has 11 heteroatoms. The number of carbonyl (C=O) groups is 2. The second-order valence-electron chi connectivity index (χ2n) is 8.12. The van der Waals surface area contributed by atoms with E-state index in [9.17, 15) is 18.0 Å². The Kier molecular flexibility index (Phi) is 7.35. The highest BCUT2D eigenvalue weighted by atomic mass is 32.2. The number of morpholine rings is 1. The molecule has 0 saturated carbocycles. The SMILES string of the molecule is NC(=O)c1cccc(OCC(=O)Nc2cc(S(=O)(=O)N3CCOCC3)ccc2N2CCCC2)c1. The van der Waals surface area contributed by atoms with E-state index in [2.05, 4.69) is 10.2 Å². The number of amides is 2. The van der Waals surface area contributed by atoms with Gasteiger partial charge >= 0.3 is 0 Å². The molecule has 2 saturated heterocycles. The molecule has 2 heterocycles. The summed E-state index contributed by atoms with van der Waals surface area (Å²) >= 11 is 0. The number of ether oxygens (including phenoxy) is 2. The molecule has 10 nitrogen and oxygen atoms in total. The van der Waals surface area contributed by atoms with Crippen LogP contribution in [0, 0.1) is 0 Å². The van der Waals surface area contributed by atoms with Crippen molar-refractivity contribution in [3.63, 3.8) is 0 Å². The Morgan fingerprint density at radius 2 is 1.76 bits per heavy atom. The third-order valence-electron chi connectivity index (χ3n) is 5.79. The maximum atomic E-state index is 13.1. The van der Waals surface area contributed by atoms with Gasteiger partial charge in [0.15, 0.2) is 6.61 Å². The van der Waals surface area contributed by atoms with E-state index in [-0.39, 0.29) is 30.2 Å². The van der Waals surface area contributed by atoms with Crippen LogP contribution in [0.1, 0.15) is 23.2 Å². The molecule has 0 radical (unpaired) electrons. The highest BCUT2D eigenvalue weighted by Crippen LogP contribution is 2.32. The number of primary amides is 1. The van der Waals surface area contributed by atoms with Gasteiger partial charge in [-0.2, -0.15) is 4.31 Å². The number of benzene rings is 2. The Hall–Kier alpha value is -3.15. The monoisotopic (exact) mass is 488 g/mol. The van der Waals surface area contributed by atoms with Crippen molar-refractivity contribution in [3.8, 4) is 5.75 Å². The maximum absolute atomic E-state index is 13.1. The van der Waals surface area contributed by atoms with Crippen molar-refractivity contribution < 1.29 is 27.5 Å². The van der Waals surface area contributed by atoms with Gasteiger partial charge in [-0.15, -0.1) is 0 Å². The second kappa shape index (κ2) is 10.4. The van der Waals surface area contributed by atoms with Gasteiger partial charge in [-0.25, -0.2) is 8.42 Å². The third kappa shape index (κ3) is 5.49. The molecule has 0 aromatic heterocycles. The molecule has 0 unspecified atom stereocenters. The minimum absolute atomic E-state index is 0.114. The average molecular weight is 489 g/mol. The predicted octanol–water partition coefficient (Wildman–Crippen LogP) is 1.42. The van der Waals surface area contributed by atoms with E-state index in [0.717, 1.165) is 31.6 Å². The molecule has 4 rings (SSSR count). The lowest BCUT2D eigenvalue weighted by Crippen LogP contribution is -2.40. The van der Waals surface area contributed by atoms with E-state index in [0.29, 0.717) is 24.7 Å². The van der Waals surface area contributed by atoms with Crippen LogP contribution in [0.3, 0.4) is 0 Å². The van der Waals surface area contributed by atoms with Crippen LogP contribution in [-0.4, -0.2) is 70.5 Å². The first-order chi connectivity index (χ1) is 16.3. The number of hydrogen-bond donors (Lipinski definition) is 2. The van der Waals surface area contributed by atoms with Gasteiger partial charge in [0.1, 0.15) is 5.75 Å². The molecular formula is C23H28N4O6S. The largest absolute Gasteiger partial charge is 0.484 e. The number of nitrogens with zero attached hydrogens (tertiary/aromatic N) is 2. The first kappa shape index (κ1) is 24.0. The van der Waals surface area contributed by atoms with E-state index >= 15 is 0 Å². The molecule has 2 aromatic rings. The van der Waals surface area contributed by atoms with E-state index in [1.54, 1.807) is 30.3 Å². The molecule has 2 aliphatic rings. The number of anilines is 2. The van der Waals surface area contributed by atoms with Crippen molar-refractivity contribution in [2.24, 2.45) is 5.73 Å². The lowest BCUT2D eigenvalue weighted by Gasteiger charge is -2.27. The topological polar surface area (TPSA) is 131 Å². The standard InChI is InChI=1S/C23H28N4O6S/c24-23(29)17-4-3-5-18(14-17)33-16-22(28)25-20-15-19(6-7-21(20)26-8-1-2-9-26)34(30,31)27-10-12-32-13-11-27/h3-7,14-15H,1-2,8-13,16H2,(H2,24,29)(H,25,28). The lowest BCUT2D eigenvalue weighted by molar-refractivity contribution is -0.118. The first-order valence-electron chi connectivity index (χ1n) is 11.1. The van der Waals surface area contributed by atoms with Crippen LogP contribution in [0.4, 0.5) is 11.4 Å². The summed E-state index contributed by atoms with van der Waals surface area (Å²) in [5, 5.41) is 2.81. The molecule has 0 aliphatic carbocycles. The van der Waals surface area contributed by atoms with E-state index in [4.69, 9.17) is 15.2 Å². The molecular weight excluding hydrogens is 460 g/mol. The van der Waals surface area contributed by atoms with Crippen molar-refractivity contribution in [1.82, 2.24) is 4.31 Å². The summed E-state index contributed by atoms with van der Waals surface area (Å²) in [4.78, 5) is 26.3. The Bertz CT molecular complexity index is 1160. The van der Waals surface area contributed by atoms with Crippen LogP contribution >= 0.6 is 0 Å². The van der Waals surface area contributed by atoms with Crippen LogP contribution < -0.4 is 20.7 Å². The zero-order valence-electron chi connectivity index (χ0n) is 18.7. The maximum Gasteiger partial charge on any atom is 0.262 e. The Balaban J connectivity index is 1.53. The number of carbonyl (C=O) groups excluding carboxylic acids is 2. The van der Waals surface area contributed by atoms with Gasteiger partial charge in [0, 0.05) is 31.7 Å². The lowest BCUT2D eigenvalue weighted by atomic mass is 10.2. The smallest absolute Gasteiger partial charge is 0.262 e. The molecule has 3 N–H and O–H groups in total. The van der Waals surface area contributed by atoms with Crippen LogP contribution in [0.5, 0.6) is 5.75 Å². The molecule has 2 aromatic carbocycles. The summed E-state index contributed by atoms with van der Waals surface area (Å²) in [6, 6.07) is 11.1. The third-order valence-corrected chi connectivity index (χ3v) is 7.68. The zero-order valence-corrected chi connectivity index (χ0v) is 19.6. The van der Waals surface area contributed by atoms with E-state index in [1.807, 2.05) is 0 Å². The summed E-state index contributed by atoms with van der Waals surface area (Å²) < 4.78 is 38.4. The summed E-state index contributed by atoms with van der Waals surface area (Å²) in [6.07, 6.45) is 2.06. The highest BCUT2D eigenvalue weighted by molar-refractivity contribution is 7.89. The Morgan fingerprint density at radius 3 is 2.47 bits per heavy atom. The normalized spacial score (nSPS) is 16.9. The van der Waals surface area contributed by atoms with Gasteiger partial charge in [0.2, 0.25) is 15.9 Å². The fourth-order valence-corrected chi connectivity index (χ4v) is 5.45. The predicted molar refractivity (Wildman–Crippen MR) is 127 cm³/mol. The van der Waals surface area contributed by atoms with Crippen molar-refractivity contribution in [3.05, 3.63) is 48.0 Å². The summed E-state index contributed by atoms with van der Waals surface area (Å²) in [5.74, 6) is -0.718. The minimum atomic E-state index is -3.72. The number of nitrogens with two attached hydrogens (primary N) is 1.